The molecule has 1 rings (SSSR count). The minimum atomic E-state index is -1.57. The first-order valence-corrected chi connectivity index (χ1v) is 19.4. The summed E-state index contributed by atoms with van der Waals surface area (Å²) >= 11 is 0. The monoisotopic (exact) mass is 694 g/mol. The molecule has 1 amide bonds. The number of carbonyl (C=O) groups is 1. The summed E-state index contributed by atoms with van der Waals surface area (Å²) < 4.78 is 11.1. The van der Waals surface area contributed by atoms with E-state index < -0.39 is 49.5 Å². The molecule has 0 aliphatic carbocycles. The van der Waals surface area contributed by atoms with Gasteiger partial charge in [-0.2, -0.15) is 0 Å². The third-order valence-corrected chi connectivity index (χ3v) is 8.88. The summed E-state index contributed by atoms with van der Waals surface area (Å²) in [5, 5.41) is 53.8. The number of ether oxygens (including phenoxy) is 2. The summed E-state index contributed by atoms with van der Waals surface area (Å²) in [6.07, 6.45) is 30.1. The van der Waals surface area contributed by atoms with Crippen LogP contribution in [0.4, 0.5) is 0 Å². The van der Waals surface area contributed by atoms with E-state index in [4.69, 9.17) is 9.47 Å². The van der Waals surface area contributed by atoms with Crippen LogP contribution in [0.3, 0.4) is 0 Å². The molecule has 0 spiro atoms. The van der Waals surface area contributed by atoms with Gasteiger partial charge in [0.2, 0.25) is 5.91 Å². The molecule has 0 radical (unpaired) electrons. The molecular formula is C40H71NO8. The highest BCUT2D eigenvalue weighted by atomic mass is 16.7. The molecule has 9 heteroatoms. The van der Waals surface area contributed by atoms with Gasteiger partial charge in [0.15, 0.2) is 6.29 Å². The molecule has 6 N–H and O–H groups in total. The lowest BCUT2D eigenvalue weighted by Crippen LogP contribution is -2.60. The number of hydrogen-bond acceptors (Lipinski definition) is 8. The van der Waals surface area contributed by atoms with E-state index >= 15 is 0 Å². The largest absolute Gasteiger partial charge is 0.394 e. The fourth-order valence-corrected chi connectivity index (χ4v) is 5.66. The Morgan fingerprint density at radius 1 is 0.694 bits per heavy atom. The van der Waals surface area contributed by atoms with Gasteiger partial charge in [-0.3, -0.25) is 4.79 Å². The Bertz CT molecular complexity index is 905. The second-order valence-electron chi connectivity index (χ2n) is 13.4. The fraction of sp³-hybridized carbons (Fsp3) is 0.775. The lowest BCUT2D eigenvalue weighted by Gasteiger charge is -2.40. The summed E-state index contributed by atoms with van der Waals surface area (Å²) in [6.45, 7) is 3.65. The predicted molar refractivity (Wildman–Crippen MR) is 198 cm³/mol. The van der Waals surface area contributed by atoms with E-state index in [-0.39, 0.29) is 12.5 Å². The maximum Gasteiger partial charge on any atom is 0.220 e. The van der Waals surface area contributed by atoms with Gasteiger partial charge >= 0.3 is 0 Å². The van der Waals surface area contributed by atoms with Crippen molar-refractivity contribution < 1.29 is 39.8 Å². The number of amides is 1. The van der Waals surface area contributed by atoms with Crippen molar-refractivity contribution in [1.82, 2.24) is 5.32 Å². The van der Waals surface area contributed by atoms with E-state index in [1.807, 2.05) is 6.08 Å². The van der Waals surface area contributed by atoms with Crippen LogP contribution in [0.2, 0.25) is 0 Å². The van der Waals surface area contributed by atoms with Crippen LogP contribution in [0.25, 0.3) is 0 Å². The summed E-state index contributed by atoms with van der Waals surface area (Å²) in [4.78, 5) is 12.8. The molecule has 0 aromatic heterocycles. The van der Waals surface area contributed by atoms with Crippen molar-refractivity contribution in [3.05, 3.63) is 48.6 Å². The SMILES string of the molecule is CCCC/C=C\C/C=C\CCCCCCCC(=O)NC(COC1OC(CO)C(O)C(O)C1O)C(O)/C=C/CC/C=C/CCCCCCCC. The van der Waals surface area contributed by atoms with Crippen LogP contribution in [0.1, 0.15) is 142 Å². The van der Waals surface area contributed by atoms with Gasteiger partial charge in [-0.25, -0.2) is 0 Å². The number of rotatable bonds is 30. The maximum atomic E-state index is 12.8. The number of carbonyl (C=O) groups excluding carboxylic acids is 1. The second kappa shape index (κ2) is 30.9. The van der Waals surface area contributed by atoms with E-state index in [1.54, 1.807) is 6.08 Å². The number of allylic oxidation sites excluding steroid dienone is 7. The Morgan fingerprint density at radius 3 is 1.90 bits per heavy atom. The molecule has 1 aliphatic heterocycles. The lowest BCUT2D eigenvalue weighted by atomic mass is 9.99. The number of aliphatic hydroxyl groups is 5. The van der Waals surface area contributed by atoms with Gasteiger partial charge in [-0.05, 0) is 57.8 Å². The van der Waals surface area contributed by atoms with Crippen LogP contribution in [-0.4, -0.2) is 87.5 Å². The van der Waals surface area contributed by atoms with Crippen molar-refractivity contribution in [2.45, 2.75) is 185 Å². The summed E-state index contributed by atoms with van der Waals surface area (Å²) in [5.41, 5.74) is 0. The number of unbranched alkanes of at least 4 members (excludes halogenated alkanes) is 14. The lowest BCUT2D eigenvalue weighted by molar-refractivity contribution is -0.302. The van der Waals surface area contributed by atoms with E-state index in [0.29, 0.717) is 6.42 Å². The summed E-state index contributed by atoms with van der Waals surface area (Å²) in [5.74, 6) is -0.206. The molecule has 284 valence electrons. The van der Waals surface area contributed by atoms with Gasteiger partial charge in [-0.15, -0.1) is 0 Å². The molecule has 1 fully saturated rings. The highest BCUT2D eigenvalue weighted by Crippen LogP contribution is 2.22. The van der Waals surface area contributed by atoms with Gasteiger partial charge in [0.25, 0.3) is 0 Å². The molecule has 7 unspecified atom stereocenters. The first-order valence-electron chi connectivity index (χ1n) is 19.4. The van der Waals surface area contributed by atoms with Crippen molar-refractivity contribution in [3.63, 3.8) is 0 Å². The van der Waals surface area contributed by atoms with Crippen molar-refractivity contribution in [3.8, 4) is 0 Å². The van der Waals surface area contributed by atoms with Gasteiger partial charge in [0, 0.05) is 6.42 Å². The Hall–Kier alpha value is -1.85. The van der Waals surface area contributed by atoms with Gasteiger partial charge in [0.1, 0.15) is 24.4 Å². The number of aliphatic hydroxyl groups excluding tert-OH is 5. The molecule has 1 saturated heterocycles. The van der Waals surface area contributed by atoms with E-state index in [9.17, 15) is 30.3 Å². The maximum absolute atomic E-state index is 12.8. The molecular weight excluding hydrogens is 622 g/mol. The first kappa shape index (κ1) is 45.2. The van der Waals surface area contributed by atoms with Crippen LogP contribution < -0.4 is 5.32 Å². The average Bonchev–Trinajstić information content (AvgIpc) is 3.10. The summed E-state index contributed by atoms with van der Waals surface area (Å²) in [6, 6.07) is -0.826. The Morgan fingerprint density at radius 2 is 1.24 bits per heavy atom. The topological polar surface area (TPSA) is 149 Å². The minimum Gasteiger partial charge on any atom is -0.394 e. The molecule has 0 bridgehead atoms. The molecule has 0 aromatic rings. The smallest absolute Gasteiger partial charge is 0.220 e. The Balaban J connectivity index is 2.50. The van der Waals surface area contributed by atoms with Crippen LogP contribution >= 0.6 is 0 Å². The van der Waals surface area contributed by atoms with Crippen LogP contribution in [0.5, 0.6) is 0 Å². The molecule has 1 heterocycles. The van der Waals surface area contributed by atoms with Crippen molar-refractivity contribution >= 4 is 5.91 Å². The molecule has 7 atom stereocenters. The van der Waals surface area contributed by atoms with E-state index in [2.05, 4.69) is 55.6 Å². The zero-order valence-electron chi connectivity index (χ0n) is 30.7. The van der Waals surface area contributed by atoms with Crippen molar-refractivity contribution in [2.75, 3.05) is 13.2 Å². The first-order chi connectivity index (χ1) is 23.8. The highest BCUT2D eigenvalue weighted by Gasteiger charge is 2.44. The average molecular weight is 694 g/mol. The second-order valence-corrected chi connectivity index (χ2v) is 13.4. The molecule has 0 aromatic carbocycles. The van der Waals surface area contributed by atoms with Crippen LogP contribution in [-0.2, 0) is 14.3 Å². The van der Waals surface area contributed by atoms with E-state index in [1.165, 1.54) is 51.4 Å². The minimum absolute atomic E-state index is 0.206. The van der Waals surface area contributed by atoms with Gasteiger partial charge < -0.3 is 40.3 Å². The fourth-order valence-electron chi connectivity index (χ4n) is 5.66. The van der Waals surface area contributed by atoms with E-state index in [0.717, 1.165) is 70.6 Å². The Kier molecular flexibility index (Phi) is 28.5. The van der Waals surface area contributed by atoms with Gasteiger partial charge in [-0.1, -0.05) is 127 Å². The van der Waals surface area contributed by atoms with Gasteiger partial charge in [0.05, 0.1) is 25.4 Å². The predicted octanol–water partition coefficient (Wildman–Crippen LogP) is 6.72. The molecule has 9 nitrogen and oxygen atoms in total. The number of nitrogens with one attached hydrogen (secondary N) is 1. The third-order valence-electron chi connectivity index (χ3n) is 8.88. The van der Waals surface area contributed by atoms with Crippen LogP contribution in [0, 0.1) is 0 Å². The van der Waals surface area contributed by atoms with Crippen LogP contribution in [0.15, 0.2) is 48.6 Å². The molecule has 49 heavy (non-hydrogen) atoms. The normalized spacial score (nSPS) is 23.0. The van der Waals surface area contributed by atoms with Crippen molar-refractivity contribution in [1.29, 1.82) is 0 Å². The zero-order chi connectivity index (χ0) is 36.0. The molecule has 1 aliphatic rings. The molecule has 0 saturated carbocycles. The quantitative estimate of drug-likeness (QED) is 0.0359. The standard InChI is InChI=1S/C40H71NO8/c1-3-5-7-9-11-13-15-17-18-20-22-24-26-28-30-36(44)41-33(32-48-40-39(47)38(46)37(45)35(31-42)49-40)34(43)29-27-25-23-21-19-16-14-12-10-8-6-4-2/h9,11,15,17,19,21,27,29,33-35,37-40,42-43,45-47H,3-8,10,12-14,16,18,20,22-26,28,30-32H2,1-2H3,(H,41,44)/b11-9-,17-15-,21-19+,29-27+. The summed E-state index contributed by atoms with van der Waals surface area (Å²) in [7, 11) is 0. The Labute approximate surface area is 297 Å². The third kappa shape index (κ3) is 22.6. The number of hydrogen-bond donors (Lipinski definition) is 6. The van der Waals surface area contributed by atoms with Crippen molar-refractivity contribution in [2.24, 2.45) is 0 Å². The zero-order valence-corrected chi connectivity index (χ0v) is 30.7. The highest BCUT2D eigenvalue weighted by molar-refractivity contribution is 5.76.